The molecule has 1 atom stereocenters. The summed E-state index contributed by atoms with van der Waals surface area (Å²) < 4.78 is 0. The second kappa shape index (κ2) is 6.73. The lowest BCUT2D eigenvalue weighted by Crippen LogP contribution is -2.25. The molecular weight excluding hydrogens is 234 g/mol. The number of aliphatic carboxylic acids is 1. The first-order valence-electron chi connectivity index (χ1n) is 5.45. The number of oxime groups is 1. The Bertz CT molecular complexity index is 434. The Balaban J connectivity index is 2.73. The Morgan fingerprint density at radius 3 is 2.94 bits per heavy atom. The molecular formula is C12H17N3O3. The van der Waals surface area contributed by atoms with E-state index in [0.29, 0.717) is 6.54 Å². The van der Waals surface area contributed by atoms with E-state index in [-0.39, 0.29) is 6.54 Å². The molecule has 0 aromatic heterocycles. The number of likely N-dealkylation sites (N-methyl/N-ethyl adjacent to an activating group) is 1. The largest absolute Gasteiger partial charge is 0.480 e. The SMILES string of the molecule is CN(CC(=O)O)Cc1cccc(C(N)/C=N\O)c1. The van der Waals surface area contributed by atoms with Gasteiger partial charge in [-0.2, -0.15) is 0 Å². The maximum Gasteiger partial charge on any atom is 0.317 e. The van der Waals surface area contributed by atoms with Gasteiger partial charge in [0.1, 0.15) is 0 Å². The Morgan fingerprint density at radius 1 is 1.61 bits per heavy atom. The van der Waals surface area contributed by atoms with Gasteiger partial charge in [-0.05, 0) is 18.2 Å². The Kier molecular flexibility index (Phi) is 5.29. The summed E-state index contributed by atoms with van der Waals surface area (Å²) in [6.07, 6.45) is 1.24. The smallest absolute Gasteiger partial charge is 0.317 e. The molecule has 6 nitrogen and oxygen atoms in total. The van der Waals surface area contributed by atoms with E-state index >= 15 is 0 Å². The first-order valence-corrected chi connectivity index (χ1v) is 5.45. The van der Waals surface area contributed by atoms with Crippen LogP contribution < -0.4 is 5.73 Å². The zero-order valence-electron chi connectivity index (χ0n) is 10.2. The molecule has 98 valence electrons. The average molecular weight is 251 g/mol. The van der Waals surface area contributed by atoms with Gasteiger partial charge in [0, 0.05) is 6.54 Å². The zero-order chi connectivity index (χ0) is 13.5. The van der Waals surface area contributed by atoms with E-state index in [4.69, 9.17) is 16.0 Å². The molecule has 0 radical (unpaired) electrons. The summed E-state index contributed by atoms with van der Waals surface area (Å²) in [5, 5.41) is 20.0. The van der Waals surface area contributed by atoms with Crippen molar-refractivity contribution >= 4 is 12.2 Å². The highest BCUT2D eigenvalue weighted by molar-refractivity contribution is 5.69. The molecule has 6 heteroatoms. The van der Waals surface area contributed by atoms with Gasteiger partial charge in [-0.3, -0.25) is 9.69 Å². The van der Waals surface area contributed by atoms with Crippen LogP contribution in [0, 0.1) is 0 Å². The number of benzene rings is 1. The van der Waals surface area contributed by atoms with Crippen molar-refractivity contribution in [1.82, 2.24) is 4.90 Å². The van der Waals surface area contributed by atoms with Crippen LogP contribution in [0.2, 0.25) is 0 Å². The normalized spacial score (nSPS) is 13.1. The van der Waals surface area contributed by atoms with Crippen LogP contribution in [0.1, 0.15) is 17.2 Å². The van der Waals surface area contributed by atoms with Crippen molar-refractivity contribution in [3.63, 3.8) is 0 Å². The summed E-state index contributed by atoms with van der Waals surface area (Å²) >= 11 is 0. The Morgan fingerprint density at radius 2 is 2.33 bits per heavy atom. The minimum atomic E-state index is -0.863. The summed E-state index contributed by atoms with van der Waals surface area (Å²) in [4.78, 5) is 12.2. The summed E-state index contributed by atoms with van der Waals surface area (Å²) in [7, 11) is 1.73. The molecule has 0 aliphatic heterocycles. The number of nitrogens with two attached hydrogens (primary N) is 1. The maximum absolute atomic E-state index is 10.6. The number of carboxylic acid groups (broad SMARTS) is 1. The molecule has 0 aliphatic rings. The fraction of sp³-hybridized carbons (Fsp3) is 0.333. The van der Waals surface area contributed by atoms with Gasteiger partial charge in [-0.25, -0.2) is 0 Å². The van der Waals surface area contributed by atoms with Crippen molar-refractivity contribution < 1.29 is 15.1 Å². The predicted molar refractivity (Wildman–Crippen MR) is 67.6 cm³/mol. The molecule has 1 rings (SSSR count). The molecule has 1 aromatic carbocycles. The molecule has 0 amide bonds. The van der Waals surface area contributed by atoms with E-state index in [0.717, 1.165) is 11.1 Å². The molecule has 0 aliphatic carbocycles. The van der Waals surface area contributed by atoms with E-state index in [9.17, 15) is 4.79 Å². The standard InChI is InChI=1S/C12H17N3O3/c1-15(8-12(16)17)7-9-3-2-4-10(5-9)11(13)6-14-18/h2-6,11,18H,7-8,13H2,1H3,(H,16,17)/b14-6-. The van der Waals surface area contributed by atoms with Gasteiger partial charge in [0.15, 0.2) is 0 Å². The molecule has 0 spiro atoms. The summed E-state index contributed by atoms with van der Waals surface area (Å²) in [5.74, 6) is -0.863. The van der Waals surface area contributed by atoms with Crippen molar-refractivity contribution in [1.29, 1.82) is 0 Å². The van der Waals surface area contributed by atoms with Crippen molar-refractivity contribution in [2.75, 3.05) is 13.6 Å². The number of carboxylic acids is 1. The fourth-order valence-corrected chi connectivity index (χ4v) is 1.66. The van der Waals surface area contributed by atoms with Crippen LogP contribution in [0.15, 0.2) is 29.4 Å². The van der Waals surface area contributed by atoms with Crippen LogP contribution >= 0.6 is 0 Å². The highest BCUT2D eigenvalue weighted by Crippen LogP contribution is 2.12. The average Bonchev–Trinajstić information content (AvgIpc) is 2.28. The minimum absolute atomic E-state index is 0.0195. The van der Waals surface area contributed by atoms with Crippen LogP contribution in [0.25, 0.3) is 0 Å². The summed E-state index contributed by atoms with van der Waals surface area (Å²) in [6, 6.07) is 6.95. The van der Waals surface area contributed by atoms with Gasteiger partial charge in [0.05, 0.1) is 18.8 Å². The quantitative estimate of drug-likeness (QED) is 0.392. The third kappa shape index (κ3) is 4.52. The van der Waals surface area contributed by atoms with E-state index in [1.54, 1.807) is 11.9 Å². The van der Waals surface area contributed by atoms with Gasteiger partial charge >= 0.3 is 5.97 Å². The van der Waals surface area contributed by atoms with Crippen molar-refractivity contribution in [2.24, 2.45) is 10.9 Å². The first kappa shape index (κ1) is 14.1. The highest BCUT2D eigenvalue weighted by Gasteiger charge is 2.07. The fourth-order valence-electron chi connectivity index (χ4n) is 1.66. The van der Waals surface area contributed by atoms with Crippen LogP contribution in [0.4, 0.5) is 0 Å². The van der Waals surface area contributed by atoms with Gasteiger partial charge < -0.3 is 16.0 Å². The Hall–Kier alpha value is -1.92. The molecule has 0 heterocycles. The zero-order valence-corrected chi connectivity index (χ0v) is 10.2. The molecule has 4 N–H and O–H groups in total. The van der Waals surface area contributed by atoms with E-state index in [2.05, 4.69) is 5.16 Å². The van der Waals surface area contributed by atoms with Crippen molar-refractivity contribution in [2.45, 2.75) is 12.6 Å². The van der Waals surface area contributed by atoms with Crippen molar-refractivity contribution in [3.05, 3.63) is 35.4 Å². The molecule has 1 unspecified atom stereocenters. The maximum atomic E-state index is 10.6. The summed E-state index contributed by atoms with van der Waals surface area (Å²) in [6.45, 7) is 0.498. The predicted octanol–water partition coefficient (Wildman–Crippen LogP) is 0.663. The number of hydrogen-bond acceptors (Lipinski definition) is 5. The lowest BCUT2D eigenvalue weighted by molar-refractivity contribution is -0.138. The molecule has 0 saturated carbocycles. The molecule has 0 saturated heterocycles. The number of carbonyl (C=O) groups is 1. The number of nitrogens with zero attached hydrogens (tertiary/aromatic N) is 2. The van der Waals surface area contributed by atoms with Crippen LogP contribution in [0.3, 0.4) is 0 Å². The molecule has 18 heavy (non-hydrogen) atoms. The van der Waals surface area contributed by atoms with Gasteiger partial charge in [-0.15, -0.1) is 5.16 Å². The number of hydrogen-bond donors (Lipinski definition) is 3. The van der Waals surface area contributed by atoms with E-state index in [1.165, 1.54) is 6.21 Å². The second-order valence-corrected chi connectivity index (χ2v) is 4.10. The third-order valence-corrected chi connectivity index (χ3v) is 2.42. The first-order chi connectivity index (χ1) is 8.52. The van der Waals surface area contributed by atoms with E-state index in [1.807, 2.05) is 24.3 Å². The van der Waals surface area contributed by atoms with Gasteiger partial charge in [0.2, 0.25) is 0 Å². The van der Waals surface area contributed by atoms with Crippen LogP contribution in [0.5, 0.6) is 0 Å². The second-order valence-electron chi connectivity index (χ2n) is 4.10. The molecule has 1 aromatic rings. The highest BCUT2D eigenvalue weighted by atomic mass is 16.4. The minimum Gasteiger partial charge on any atom is -0.480 e. The van der Waals surface area contributed by atoms with E-state index < -0.39 is 12.0 Å². The lowest BCUT2D eigenvalue weighted by Gasteiger charge is -2.15. The van der Waals surface area contributed by atoms with Crippen LogP contribution in [-0.4, -0.2) is 41.0 Å². The molecule has 0 fully saturated rings. The summed E-state index contributed by atoms with van der Waals surface area (Å²) in [5.41, 5.74) is 7.54. The monoisotopic (exact) mass is 251 g/mol. The van der Waals surface area contributed by atoms with Crippen molar-refractivity contribution in [3.8, 4) is 0 Å². The molecule has 0 bridgehead atoms. The van der Waals surface area contributed by atoms with Gasteiger partial charge in [0.25, 0.3) is 0 Å². The number of rotatable bonds is 6. The lowest BCUT2D eigenvalue weighted by atomic mass is 10.1. The Labute approximate surface area is 105 Å². The topological polar surface area (TPSA) is 99.2 Å². The van der Waals surface area contributed by atoms with Crippen LogP contribution in [-0.2, 0) is 11.3 Å². The third-order valence-electron chi connectivity index (χ3n) is 2.42. The van der Waals surface area contributed by atoms with Gasteiger partial charge in [-0.1, -0.05) is 24.3 Å².